The molecule has 5 atom stereocenters. The molecular formula is C25H38FN5O6. The second-order valence-electron chi connectivity index (χ2n) is 9.25. The monoisotopic (exact) mass is 523 g/mol. The summed E-state index contributed by atoms with van der Waals surface area (Å²) in [7, 11) is 0. The summed E-state index contributed by atoms with van der Waals surface area (Å²) in [5.74, 6) is -3.28. The Morgan fingerprint density at radius 2 is 1.54 bits per heavy atom. The van der Waals surface area contributed by atoms with Crippen LogP contribution in [0.2, 0.25) is 0 Å². The number of nitrogens with one attached hydrogen (secondary N) is 4. The van der Waals surface area contributed by atoms with Crippen LogP contribution in [0, 0.1) is 5.92 Å². The van der Waals surface area contributed by atoms with Gasteiger partial charge in [0.25, 0.3) is 0 Å². The van der Waals surface area contributed by atoms with Crippen LogP contribution in [0.25, 0.3) is 0 Å². The van der Waals surface area contributed by atoms with Crippen LogP contribution in [0.5, 0.6) is 0 Å². The molecule has 5 amide bonds. The smallest absolute Gasteiger partial charge is 0.243 e. The normalized spacial score (nSPS) is 15.0. The number of rotatable bonds is 15. The van der Waals surface area contributed by atoms with Gasteiger partial charge in [0.2, 0.25) is 29.5 Å². The molecule has 0 spiro atoms. The molecule has 11 nitrogen and oxygen atoms in total. The van der Waals surface area contributed by atoms with Crippen LogP contribution < -0.4 is 27.0 Å². The Hall–Kier alpha value is -3.54. The number of hydrogen-bond acceptors (Lipinski definition) is 6. The van der Waals surface area contributed by atoms with E-state index < -0.39 is 66.5 Å². The van der Waals surface area contributed by atoms with E-state index in [0.717, 1.165) is 5.56 Å². The fourth-order valence-corrected chi connectivity index (χ4v) is 3.53. The second kappa shape index (κ2) is 15.5. The van der Waals surface area contributed by atoms with Gasteiger partial charge in [-0.2, -0.15) is 0 Å². The van der Waals surface area contributed by atoms with Crippen molar-refractivity contribution in [3.8, 4) is 0 Å². The van der Waals surface area contributed by atoms with Crippen molar-refractivity contribution in [1.29, 1.82) is 0 Å². The minimum absolute atomic E-state index is 0.0841. The standard InChI is InChI=1S/C25H38FN5O6/c1-14(2)22(29-16(4)32)25(37)31-19(12-17-8-6-5-7-9-17)24(36)28-15(3)23(35)30-18(20(33)13-26)10-11-21(27)34/h5-9,14-15,18-20,22,33H,10-13H2,1-4H3,(H2,27,34)(H,28,36)(H,29,32)(H,30,35)(H,31,37). The number of halogens is 1. The van der Waals surface area contributed by atoms with Gasteiger partial charge in [-0.3, -0.25) is 24.0 Å². The molecule has 0 fully saturated rings. The Morgan fingerprint density at radius 3 is 2.05 bits per heavy atom. The molecule has 0 aromatic heterocycles. The third-order valence-corrected chi connectivity index (χ3v) is 5.63. The summed E-state index contributed by atoms with van der Waals surface area (Å²) in [5, 5.41) is 20.0. The SMILES string of the molecule is CC(=O)NC(C(=O)NC(Cc1ccccc1)C(=O)NC(C)C(=O)NC(CCC(N)=O)C(O)CF)C(C)C. The molecule has 0 saturated carbocycles. The summed E-state index contributed by atoms with van der Waals surface area (Å²) in [6.45, 7) is 5.02. The highest BCUT2D eigenvalue weighted by atomic mass is 19.1. The van der Waals surface area contributed by atoms with Crippen LogP contribution >= 0.6 is 0 Å². The van der Waals surface area contributed by atoms with E-state index in [9.17, 15) is 33.5 Å². The van der Waals surface area contributed by atoms with Crippen molar-refractivity contribution >= 4 is 29.5 Å². The van der Waals surface area contributed by atoms with Gasteiger partial charge < -0.3 is 32.1 Å². The number of carbonyl (C=O) groups excluding carboxylic acids is 5. The first kappa shape index (κ1) is 31.5. The summed E-state index contributed by atoms with van der Waals surface area (Å²) in [5.41, 5.74) is 5.85. The lowest BCUT2D eigenvalue weighted by atomic mass is 10.0. The number of benzene rings is 1. The number of primary amides is 1. The van der Waals surface area contributed by atoms with Gasteiger partial charge in [0.05, 0.1) is 6.04 Å². The first-order valence-electron chi connectivity index (χ1n) is 12.1. The van der Waals surface area contributed by atoms with E-state index in [1.165, 1.54) is 13.8 Å². The summed E-state index contributed by atoms with van der Waals surface area (Å²) in [6.07, 6.45) is -1.71. The molecule has 1 aromatic rings. The number of aliphatic hydroxyl groups is 1. The van der Waals surface area contributed by atoms with Gasteiger partial charge in [0, 0.05) is 19.8 Å². The maximum absolute atomic E-state index is 13.1. The van der Waals surface area contributed by atoms with Gasteiger partial charge in [-0.25, -0.2) is 4.39 Å². The third-order valence-electron chi connectivity index (χ3n) is 5.63. The number of nitrogens with two attached hydrogens (primary N) is 1. The van der Waals surface area contributed by atoms with E-state index in [1.807, 2.05) is 0 Å². The molecule has 1 aromatic carbocycles. The lowest BCUT2D eigenvalue weighted by molar-refractivity contribution is -0.134. The number of aliphatic hydroxyl groups excluding tert-OH is 1. The maximum Gasteiger partial charge on any atom is 0.243 e. The van der Waals surface area contributed by atoms with E-state index in [1.54, 1.807) is 44.2 Å². The zero-order valence-electron chi connectivity index (χ0n) is 21.6. The largest absolute Gasteiger partial charge is 0.388 e. The Bertz CT molecular complexity index is 929. The molecule has 0 bridgehead atoms. The van der Waals surface area contributed by atoms with Crippen molar-refractivity contribution in [2.45, 2.75) is 77.2 Å². The summed E-state index contributed by atoms with van der Waals surface area (Å²) < 4.78 is 13.0. The number of amides is 5. The average Bonchev–Trinajstić information content (AvgIpc) is 2.83. The molecule has 1 rings (SSSR count). The molecule has 0 aliphatic rings. The van der Waals surface area contributed by atoms with E-state index in [-0.39, 0.29) is 25.2 Å². The van der Waals surface area contributed by atoms with Crippen molar-refractivity contribution in [3.63, 3.8) is 0 Å². The molecule has 12 heteroatoms. The van der Waals surface area contributed by atoms with Crippen LogP contribution in [0.15, 0.2) is 30.3 Å². The third kappa shape index (κ3) is 11.4. The van der Waals surface area contributed by atoms with Gasteiger partial charge in [-0.1, -0.05) is 44.2 Å². The maximum atomic E-state index is 13.1. The molecule has 0 heterocycles. The second-order valence-corrected chi connectivity index (χ2v) is 9.25. The fourth-order valence-electron chi connectivity index (χ4n) is 3.53. The fraction of sp³-hybridized carbons (Fsp3) is 0.560. The minimum Gasteiger partial charge on any atom is -0.388 e. The van der Waals surface area contributed by atoms with Crippen LogP contribution in [-0.4, -0.2) is 71.6 Å². The molecule has 37 heavy (non-hydrogen) atoms. The average molecular weight is 524 g/mol. The summed E-state index contributed by atoms with van der Waals surface area (Å²) >= 11 is 0. The number of carbonyl (C=O) groups is 5. The molecule has 0 saturated heterocycles. The Kier molecular flexibility index (Phi) is 13.2. The van der Waals surface area contributed by atoms with Crippen molar-refractivity contribution in [2.75, 3.05) is 6.67 Å². The summed E-state index contributed by atoms with van der Waals surface area (Å²) in [6, 6.07) is 4.73. The number of alkyl halides is 1. The lowest BCUT2D eigenvalue weighted by Crippen LogP contribution is -2.58. The molecule has 7 N–H and O–H groups in total. The van der Waals surface area contributed by atoms with E-state index in [4.69, 9.17) is 5.73 Å². The zero-order valence-corrected chi connectivity index (χ0v) is 21.6. The highest BCUT2D eigenvalue weighted by Gasteiger charge is 2.30. The first-order valence-corrected chi connectivity index (χ1v) is 12.1. The van der Waals surface area contributed by atoms with E-state index in [2.05, 4.69) is 21.3 Å². The van der Waals surface area contributed by atoms with Crippen molar-refractivity contribution in [2.24, 2.45) is 11.7 Å². The van der Waals surface area contributed by atoms with E-state index >= 15 is 0 Å². The predicted octanol–water partition coefficient (Wildman–Crippen LogP) is -0.540. The lowest BCUT2D eigenvalue weighted by Gasteiger charge is -2.27. The van der Waals surface area contributed by atoms with Gasteiger partial charge >= 0.3 is 0 Å². The van der Waals surface area contributed by atoms with E-state index in [0.29, 0.717) is 0 Å². The van der Waals surface area contributed by atoms with Crippen LogP contribution in [0.4, 0.5) is 4.39 Å². The zero-order chi connectivity index (χ0) is 28.1. The van der Waals surface area contributed by atoms with Crippen molar-refractivity contribution in [1.82, 2.24) is 21.3 Å². The number of hydrogen-bond donors (Lipinski definition) is 6. The predicted molar refractivity (Wildman–Crippen MR) is 134 cm³/mol. The quantitative estimate of drug-likeness (QED) is 0.180. The van der Waals surface area contributed by atoms with Crippen molar-refractivity contribution in [3.05, 3.63) is 35.9 Å². The molecule has 0 radical (unpaired) electrons. The molecule has 0 aliphatic heterocycles. The molecular weight excluding hydrogens is 485 g/mol. The minimum atomic E-state index is -1.56. The van der Waals surface area contributed by atoms with Crippen LogP contribution in [0.3, 0.4) is 0 Å². The molecule has 206 valence electrons. The topological polar surface area (TPSA) is 180 Å². The van der Waals surface area contributed by atoms with Crippen LogP contribution in [-0.2, 0) is 30.4 Å². The highest BCUT2D eigenvalue weighted by Crippen LogP contribution is 2.08. The Morgan fingerprint density at radius 1 is 0.919 bits per heavy atom. The first-order chi connectivity index (χ1) is 17.3. The van der Waals surface area contributed by atoms with Crippen LogP contribution in [0.1, 0.15) is 46.1 Å². The molecule has 5 unspecified atom stereocenters. The van der Waals surface area contributed by atoms with Gasteiger partial charge in [-0.15, -0.1) is 0 Å². The Labute approximate surface area is 216 Å². The van der Waals surface area contributed by atoms with Crippen molar-refractivity contribution < 1.29 is 33.5 Å². The highest BCUT2D eigenvalue weighted by molar-refractivity contribution is 5.94. The van der Waals surface area contributed by atoms with Gasteiger partial charge in [0.1, 0.15) is 30.9 Å². The van der Waals surface area contributed by atoms with Gasteiger partial charge in [-0.05, 0) is 24.8 Å². The Balaban J connectivity index is 3.00. The van der Waals surface area contributed by atoms with Gasteiger partial charge in [0.15, 0.2) is 0 Å². The summed E-state index contributed by atoms with van der Waals surface area (Å²) in [4.78, 5) is 61.4. The molecule has 0 aliphatic carbocycles.